The Kier molecular flexibility index (Phi) is 2.71. The highest BCUT2D eigenvalue weighted by Crippen LogP contribution is 2.23. The summed E-state index contributed by atoms with van der Waals surface area (Å²) in [5.41, 5.74) is 3.74. The first-order chi connectivity index (χ1) is 8.65. The van der Waals surface area contributed by atoms with E-state index in [4.69, 9.17) is 0 Å². The minimum Gasteiger partial charge on any atom is -0.338 e. The Morgan fingerprint density at radius 3 is 2.67 bits per heavy atom. The number of hydrogen-bond donors (Lipinski definition) is 0. The molecule has 92 valence electrons. The molecule has 18 heavy (non-hydrogen) atoms. The number of aryl methyl sites for hydroxylation is 3. The first-order valence-electron chi connectivity index (χ1n) is 6.13. The van der Waals surface area contributed by atoms with Crippen LogP contribution in [0, 0.1) is 20.8 Å². The predicted molar refractivity (Wildman–Crippen MR) is 77.4 cm³/mol. The molecule has 2 heterocycles. The van der Waals surface area contributed by atoms with Crippen LogP contribution in [0.2, 0.25) is 0 Å². The number of aromatic nitrogens is 2. The monoisotopic (exact) mass is 256 g/mol. The smallest absolute Gasteiger partial charge is 0.113 e. The molecule has 0 aliphatic carbocycles. The SMILES string of the molecule is Cc1nc(Cn2c(C)cc3ccccc32)sc1C. The van der Waals surface area contributed by atoms with Crippen molar-refractivity contribution in [3.05, 3.63) is 51.6 Å². The van der Waals surface area contributed by atoms with Gasteiger partial charge >= 0.3 is 0 Å². The molecule has 0 saturated carbocycles. The quantitative estimate of drug-likeness (QED) is 0.675. The standard InChI is InChI=1S/C15H16N2S/c1-10-8-13-6-4-5-7-14(13)17(10)9-15-16-11(2)12(3)18-15/h4-8H,9H2,1-3H3. The molecule has 3 aromatic rings. The van der Waals surface area contributed by atoms with Crippen molar-refractivity contribution < 1.29 is 0 Å². The lowest BCUT2D eigenvalue weighted by Crippen LogP contribution is -2.00. The van der Waals surface area contributed by atoms with Gasteiger partial charge in [0.15, 0.2) is 0 Å². The van der Waals surface area contributed by atoms with E-state index in [9.17, 15) is 0 Å². The molecule has 2 nitrogen and oxygen atoms in total. The van der Waals surface area contributed by atoms with Crippen LogP contribution in [0.15, 0.2) is 30.3 Å². The highest BCUT2D eigenvalue weighted by molar-refractivity contribution is 7.11. The predicted octanol–water partition coefficient (Wildman–Crippen LogP) is 4.07. The van der Waals surface area contributed by atoms with Gasteiger partial charge in [-0.25, -0.2) is 4.98 Å². The van der Waals surface area contributed by atoms with Crippen molar-refractivity contribution in [2.45, 2.75) is 27.3 Å². The molecule has 3 heteroatoms. The highest BCUT2D eigenvalue weighted by Gasteiger charge is 2.09. The highest BCUT2D eigenvalue weighted by atomic mass is 32.1. The molecule has 3 rings (SSSR count). The van der Waals surface area contributed by atoms with Gasteiger partial charge in [-0.2, -0.15) is 0 Å². The van der Waals surface area contributed by atoms with Crippen LogP contribution in [-0.2, 0) is 6.54 Å². The molecule has 1 aromatic carbocycles. The summed E-state index contributed by atoms with van der Waals surface area (Å²) in [6.45, 7) is 7.25. The summed E-state index contributed by atoms with van der Waals surface area (Å²) in [4.78, 5) is 5.95. The van der Waals surface area contributed by atoms with E-state index in [0.717, 1.165) is 12.2 Å². The molecule has 0 saturated heterocycles. The van der Waals surface area contributed by atoms with E-state index in [1.165, 1.54) is 26.5 Å². The lowest BCUT2D eigenvalue weighted by atomic mass is 10.2. The third kappa shape index (κ3) is 1.85. The molecule has 0 spiro atoms. The van der Waals surface area contributed by atoms with E-state index >= 15 is 0 Å². The van der Waals surface area contributed by atoms with E-state index in [1.807, 2.05) is 0 Å². The third-order valence-electron chi connectivity index (χ3n) is 3.38. The maximum atomic E-state index is 4.63. The number of thiazole rings is 1. The Labute approximate surface area is 111 Å². The Hall–Kier alpha value is -1.61. The van der Waals surface area contributed by atoms with Gasteiger partial charge in [0.2, 0.25) is 0 Å². The van der Waals surface area contributed by atoms with Gasteiger partial charge in [0, 0.05) is 16.1 Å². The van der Waals surface area contributed by atoms with Crippen molar-refractivity contribution in [1.29, 1.82) is 0 Å². The number of rotatable bonds is 2. The molecule has 2 aromatic heterocycles. The maximum Gasteiger partial charge on any atom is 0.113 e. The minimum atomic E-state index is 0.874. The second-order valence-corrected chi connectivity index (χ2v) is 5.97. The molecule has 0 aliphatic rings. The van der Waals surface area contributed by atoms with E-state index in [2.05, 4.69) is 60.7 Å². The zero-order valence-electron chi connectivity index (χ0n) is 10.9. The Bertz CT molecular complexity index is 687. The number of fused-ring (bicyclic) bond motifs is 1. The van der Waals surface area contributed by atoms with Crippen molar-refractivity contribution in [2.24, 2.45) is 0 Å². The summed E-state index contributed by atoms with van der Waals surface area (Å²) in [5.74, 6) is 0. The average molecular weight is 256 g/mol. The fourth-order valence-electron chi connectivity index (χ4n) is 2.30. The van der Waals surface area contributed by atoms with Crippen LogP contribution >= 0.6 is 11.3 Å². The number of nitrogens with zero attached hydrogens (tertiary/aromatic N) is 2. The second-order valence-electron chi connectivity index (χ2n) is 4.68. The molecular weight excluding hydrogens is 240 g/mol. The first kappa shape index (κ1) is 11.5. The van der Waals surface area contributed by atoms with Gasteiger partial charge in [0.1, 0.15) is 5.01 Å². The van der Waals surface area contributed by atoms with Crippen LogP contribution < -0.4 is 0 Å². The molecule has 0 fully saturated rings. The van der Waals surface area contributed by atoms with Gasteiger partial charge in [0.25, 0.3) is 0 Å². The summed E-state index contributed by atoms with van der Waals surface area (Å²) in [6, 6.07) is 10.8. The molecule has 0 amide bonds. The normalized spacial score (nSPS) is 11.3. The summed E-state index contributed by atoms with van der Waals surface area (Å²) in [7, 11) is 0. The third-order valence-corrected chi connectivity index (χ3v) is 4.44. The minimum absolute atomic E-state index is 0.874. The number of para-hydroxylation sites is 1. The summed E-state index contributed by atoms with van der Waals surface area (Å²) < 4.78 is 2.34. The van der Waals surface area contributed by atoms with Gasteiger partial charge in [-0.15, -0.1) is 11.3 Å². The lowest BCUT2D eigenvalue weighted by Gasteiger charge is -2.05. The zero-order valence-corrected chi connectivity index (χ0v) is 11.7. The molecule has 0 unspecified atom stereocenters. The van der Waals surface area contributed by atoms with Gasteiger partial charge < -0.3 is 4.57 Å². The van der Waals surface area contributed by atoms with Crippen molar-refractivity contribution in [2.75, 3.05) is 0 Å². The largest absolute Gasteiger partial charge is 0.338 e. The summed E-state index contributed by atoms with van der Waals surface area (Å²) >= 11 is 1.80. The van der Waals surface area contributed by atoms with E-state index in [-0.39, 0.29) is 0 Å². The topological polar surface area (TPSA) is 17.8 Å². The van der Waals surface area contributed by atoms with Crippen LogP contribution in [0.1, 0.15) is 21.3 Å². The molecule has 0 atom stereocenters. The van der Waals surface area contributed by atoms with Crippen LogP contribution in [-0.4, -0.2) is 9.55 Å². The van der Waals surface area contributed by atoms with Crippen LogP contribution in [0.25, 0.3) is 10.9 Å². The van der Waals surface area contributed by atoms with Crippen molar-refractivity contribution in [1.82, 2.24) is 9.55 Å². The number of benzene rings is 1. The van der Waals surface area contributed by atoms with Gasteiger partial charge in [-0.3, -0.25) is 0 Å². The van der Waals surface area contributed by atoms with Crippen LogP contribution in [0.3, 0.4) is 0 Å². The van der Waals surface area contributed by atoms with Crippen molar-refractivity contribution in [3.63, 3.8) is 0 Å². The molecule has 0 radical (unpaired) electrons. The van der Waals surface area contributed by atoms with Crippen molar-refractivity contribution >= 4 is 22.2 Å². The zero-order chi connectivity index (χ0) is 12.7. The Morgan fingerprint density at radius 1 is 1.17 bits per heavy atom. The maximum absolute atomic E-state index is 4.63. The first-order valence-corrected chi connectivity index (χ1v) is 6.94. The summed E-state index contributed by atoms with van der Waals surface area (Å²) in [6.07, 6.45) is 0. The molecule has 0 aliphatic heterocycles. The van der Waals surface area contributed by atoms with Crippen LogP contribution in [0.5, 0.6) is 0 Å². The second kappa shape index (κ2) is 4.25. The van der Waals surface area contributed by atoms with Gasteiger partial charge in [-0.05, 0) is 38.3 Å². The fourth-order valence-corrected chi connectivity index (χ4v) is 3.22. The lowest BCUT2D eigenvalue weighted by molar-refractivity contribution is 0.795. The summed E-state index contributed by atoms with van der Waals surface area (Å²) in [5, 5.41) is 2.49. The van der Waals surface area contributed by atoms with Gasteiger partial charge in [-0.1, -0.05) is 18.2 Å². The molecule has 0 N–H and O–H groups in total. The van der Waals surface area contributed by atoms with E-state index in [0.29, 0.717) is 0 Å². The van der Waals surface area contributed by atoms with Crippen LogP contribution in [0.4, 0.5) is 0 Å². The fraction of sp³-hybridized carbons (Fsp3) is 0.267. The van der Waals surface area contributed by atoms with E-state index < -0.39 is 0 Å². The molecule has 0 bridgehead atoms. The van der Waals surface area contributed by atoms with Crippen molar-refractivity contribution in [3.8, 4) is 0 Å². The average Bonchev–Trinajstić information content (AvgIpc) is 2.82. The molecular formula is C15H16N2S. The Balaban J connectivity index is 2.06. The van der Waals surface area contributed by atoms with E-state index in [1.54, 1.807) is 11.3 Å². The Morgan fingerprint density at radius 2 is 1.94 bits per heavy atom. The van der Waals surface area contributed by atoms with Gasteiger partial charge in [0.05, 0.1) is 12.2 Å². The number of hydrogen-bond acceptors (Lipinski definition) is 2.